The fourth-order valence-electron chi connectivity index (χ4n) is 0.583. The topological polar surface area (TPSA) is 73.3 Å². The Hall–Kier alpha value is -0.520. The summed E-state index contributed by atoms with van der Waals surface area (Å²) in [6.07, 6.45) is 0. The number of nitrogens with two attached hydrogens (primary N) is 1. The Labute approximate surface area is 69.0 Å². The molecule has 0 amide bonds. The van der Waals surface area contributed by atoms with Gasteiger partial charge in [0.05, 0.1) is 5.88 Å². The van der Waals surface area contributed by atoms with Crippen LogP contribution in [0, 0.1) is 0 Å². The lowest BCUT2D eigenvalue weighted by atomic mass is 10.5. The average molecular weight is 196 g/mol. The maximum absolute atomic E-state index is 10.6. The van der Waals surface area contributed by atoms with Gasteiger partial charge < -0.3 is 4.42 Å². The van der Waals surface area contributed by atoms with Gasteiger partial charge in [-0.15, -0.1) is 11.6 Å². The van der Waals surface area contributed by atoms with E-state index in [1.54, 1.807) is 0 Å². The molecule has 2 N–H and O–H groups in total. The Balaban J connectivity index is 3.09. The van der Waals surface area contributed by atoms with Gasteiger partial charge in [0, 0.05) is 0 Å². The van der Waals surface area contributed by atoms with Crippen LogP contribution in [0.15, 0.2) is 21.6 Å². The molecule has 0 atom stereocenters. The Bertz CT molecular complexity index is 342. The molecule has 0 aromatic carbocycles. The molecule has 0 radical (unpaired) electrons. The van der Waals surface area contributed by atoms with Crippen LogP contribution in [0.3, 0.4) is 0 Å². The molecule has 0 spiro atoms. The number of furan rings is 1. The van der Waals surface area contributed by atoms with E-state index in [0.717, 1.165) is 0 Å². The number of hydrogen-bond acceptors (Lipinski definition) is 3. The van der Waals surface area contributed by atoms with Crippen LogP contribution in [0.5, 0.6) is 0 Å². The quantitative estimate of drug-likeness (QED) is 0.705. The monoisotopic (exact) mass is 195 g/mol. The van der Waals surface area contributed by atoms with Crippen molar-refractivity contribution < 1.29 is 12.8 Å². The molecule has 1 aromatic heterocycles. The van der Waals surface area contributed by atoms with Crippen molar-refractivity contribution in [1.29, 1.82) is 0 Å². The van der Waals surface area contributed by atoms with Crippen LogP contribution >= 0.6 is 11.6 Å². The predicted octanol–water partition coefficient (Wildman–Crippen LogP) is 0.666. The summed E-state index contributed by atoms with van der Waals surface area (Å²) >= 11 is 5.36. The highest BCUT2D eigenvalue weighted by atomic mass is 35.5. The second kappa shape index (κ2) is 2.84. The molecule has 1 aromatic rings. The van der Waals surface area contributed by atoms with Crippen LogP contribution < -0.4 is 5.14 Å². The number of alkyl halides is 1. The minimum atomic E-state index is -3.72. The number of rotatable bonds is 2. The van der Waals surface area contributed by atoms with Gasteiger partial charge in [-0.25, -0.2) is 13.6 Å². The van der Waals surface area contributed by atoms with Crippen molar-refractivity contribution in [2.75, 3.05) is 0 Å². The molecule has 0 unspecified atom stereocenters. The van der Waals surface area contributed by atoms with Gasteiger partial charge in [-0.3, -0.25) is 0 Å². The van der Waals surface area contributed by atoms with Gasteiger partial charge in [0.15, 0.2) is 0 Å². The summed E-state index contributed by atoms with van der Waals surface area (Å²) in [7, 11) is -3.72. The van der Waals surface area contributed by atoms with Crippen molar-refractivity contribution in [2.24, 2.45) is 5.14 Å². The summed E-state index contributed by atoms with van der Waals surface area (Å²) < 4.78 is 26.0. The van der Waals surface area contributed by atoms with Crippen LogP contribution in [-0.4, -0.2) is 8.42 Å². The molecular weight excluding hydrogens is 190 g/mol. The van der Waals surface area contributed by atoms with Crippen LogP contribution in [0.25, 0.3) is 0 Å². The van der Waals surface area contributed by atoms with Crippen molar-refractivity contribution in [2.45, 2.75) is 11.0 Å². The maximum atomic E-state index is 10.6. The number of primary sulfonamides is 1. The van der Waals surface area contributed by atoms with E-state index in [1.807, 2.05) is 0 Å². The van der Waals surface area contributed by atoms with Crippen LogP contribution in [0.1, 0.15) is 5.76 Å². The SMILES string of the molecule is NS(=O)(=O)c1ccc(CCl)o1. The molecular formula is C5H6ClNO3S. The molecule has 1 rings (SSSR count). The van der Waals surface area contributed by atoms with Gasteiger partial charge in [0.25, 0.3) is 10.0 Å². The molecule has 1 heterocycles. The lowest BCUT2D eigenvalue weighted by Crippen LogP contribution is -2.10. The Morgan fingerprint density at radius 3 is 2.45 bits per heavy atom. The van der Waals surface area contributed by atoms with Gasteiger partial charge in [-0.05, 0) is 12.1 Å². The molecule has 62 valence electrons. The predicted molar refractivity (Wildman–Crippen MR) is 39.6 cm³/mol. The Morgan fingerprint density at radius 1 is 1.55 bits per heavy atom. The largest absolute Gasteiger partial charge is 0.447 e. The zero-order chi connectivity index (χ0) is 8.48. The van der Waals surface area contributed by atoms with E-state index < -0.39 is 10.0 Å². The van der Waals surface area contributed by atoms with Gasteiger partial charge in [-0.1, -0.05) is 0 Å². The molecule has 0 fully saturated rings. The van der Waals surface area contributed by atoms with Gasteiger partial charge in [0.2, 0.25) is 5.09 Å². The first-order valence-electron chi connectivity index (χ1n) is 2.71. The fourth-order valence-corrected chi connectivity index (χ4v) is 1.21. The third-order valence-electron chi connectivity index (χ3n) is 1.05. The summed E-state index contributed by atoms with van der Waals surface area (Å²) in [6, 6.07) is 2.74. The van der Waals surface area contributed by atoms with Gasteiger partial charge in [0.1, 0.15) is 5.76 Å². The molecule has 0 aliphatic heterocycles. The standard InChI is InChI=1S/C5H6ClNO3S/c6-3-4-1-2-5(10-4)11(7,8)9/h1-2H,3H2,(H2,7,8,9). The Kier molecular flexibility index (Phi) is 2.22. The second-order valence-corrected chi connectivity index (χ2v) is 3.66. The second-order valence-electron chi connectivity index (χ2n) is 1.90. The summed E-state index contributed by atoms with van der Waals surface area (Å²) in [5.74, 6) is 0.519. The van der Waals surface area contributed by atoms with Crippen molar-refractivity contribution in [1.82, 2.24) is 0 Å². The summed E-state index contributed by atoms with van der Waals surface area (Å²) in [5.41, 5.74) is 0. The maximum Gasteiger partial charge on any atom is 0.271 e. The minimum absolute atomic E-state index is 0.134. The highest BCUT2D eigenvalue weighted by Gasteiger charge is 2.12. The normalized spacial score (nSPS) is 11.8. The van der Waals surface area contributed by atoms with Gasteiger partial charge >= 0.3 is 0 Å². The van der Waals surface area contributed by atoms with E-state index in [1.165, 1.54) is 12.1 Å². The third kappa shape index (κ3) is 1.95. The molecule has 6 heteroatoms. The van der Waals surface area contributed by atoms with Crippen molar-refractivity contribution in [3.63, 3.8) is 0 Å². The molecule has 4 nitrogen and oxygen atoms in total. The molecule has 11 heavy (non-hydrogen) atoms. The van der Waals surface area contributed by atoms with E-state index >= 15 is 0 Å². The smallest absolute Gasteiger partial charge is 0.271 e. The first-order valence-corrected chi connectivity index (χ1v) is 4.79. The number of hydrogen-bond donors (Lipinski definition) is 1. The molecule has 0 aliphatic carbocycles. The zero-order valence-corrected chi connectivity index (χ0v) is 7.02. The van der Waals surface area contributed by atoms with E-state index in [2.05, 4.69) is 0 Å². The average Bonchev–Trinajstić information content (AvgIpc) is 2.32. The molecule has 0 saturated heterocycles. The first kappa shape index (κ1) is 8.58. The van der Waals surface area contributed by atoms with E-state index in [4.69, 9.17) is 21.2 Å². The lowest BCUT2D eigenvalue weighted by molar-refractivity contribution is 0.426. The van der Waals surface area contributed by atoms with E-state index in [9.17, 15) is 8.42 Å². The minimum Gasteiger partial charge on any atom is -0.447 e. The van der Waals surface area contributed by atoms with Gasteiger partial charge in [-0.2, -0.15) is 0 Å². The summed E-state index contributed by atoms with van der Waals surface area (Å²) in [4.78, 5) is 0. The van der Waals surface area contributed by atoms with Crippen LogP contribution in [0.4, 0.5) is 0 Å². The van der Waals surface area contributed by atoms with E-state index in [0.29, 0.717) is 5.76 Å². The zero-order valence-electron chi connectivity index (χ0n) is 5.45. The van der Waals surface area contributed by atoms with Crippen LogP contribution in [0.2, 0.25) is 0 Å². The molecule has 0 saturated carbocycles. The number of sulfonamides is 1. The lowest BCUT2D eigenvalue weighted by Gasteiger charge is -1.89. The fraction of sp³-hybridized carbons (Fsp3) is 0.200. The highest BCUT2D eigenvalue weighted by molar-refractivity contribution is 7.89. The van der Waals surface area contributed by atoms with E-state index in [-0.39, 0.29) is 11.0 Å². The van der Waals surface area contributed by atoms with Crippen molar-refractivity contribution >= 4 is 21.6 Å². The first-order chi connectivity index (χ1) is 5.04. The third-order valence-corrected chi connectivity index (χ3v) is 2.09. The Morgan fingerprint density at radius 2 is 2.18 bits per heavy atom. The summed E-state index contributed by atoms with van der Waals surface area (Å²) in [5, 5.41) is 4.50. The molecule has 0 aliphatic rings. The number of halogens is 1. The summed E-state index contributed by atoms with van der Waals surface area (Å²) in [6.45, 7) is 0. The van der Waals surface area contributed by atoms with Crippen LogP contribution in [-0.2, 0) is 15.9 Å². The molecule has 0 bridgehead atoms. The van der Waals surface area contributed by atoms with Crippen molar-refractivity contribution in [3.05, 3.63) is 17.9 Å². The van der Waals surface area contributed by atoms with Crippen molar-refractivity contribution in [3.8, 4) is 0 Å². The highest BCUT2D eigenvalue weighted by Crippen LogP contribution is 2.13.